The zero-order valence-corrected chi connectivity index (χ0v) is 23.2. The predicted molar refractivity (Wildman–Crippen MR) is 153 cm³/mol. The summed E-state index contributed by atoms with van der Waals surface area (Å²) >= 11 is 1.26. The Bertz CT molecular complexity index is 1390. The standard InChI is InChI=1S/C30H31N5O3S/c1-20-7-9-24(10-8-20)28(29(37)34-25-11-13-26(38-4)14-12-25)35(18-23-6-5-15-31-17-23)27(36)19-39-30-32-21(2)16-22(3)33-30/h5-17,28H,18-19H2,1-4H3,(H,34,37)/t28-/m0/s1. The normalized spacial score (nSPS) is 11.5. The van der Waals surface area contributed by atoms with Gasteiger partial charge in [-0.2, -0.15) is 0 Å². The van der Waals surface area contributed by atoms with Crippen molar-refractivity contribution in [1.82, 2.24) is 19.9 Å². The summed E-state index contributed by atoms with van der Waals surface area (Å²) in [5.41, 5.74) is 4.84. The molecule has 1 N–H and O–H groups in total. The first-order valence-electron chi connectivity index (χ1n) is 12.5. The molecule has 0 fully saturated rings. The van der Waals surface area contributed by atoms with Gasteiger partial charge >= 0.3 is 0 Å². The Morgan fingerprint density at radius 2 is 1.67 bits per heavy atom. The van der Waals surface area contributed by atoms with Gasteiger partial charge in [-0.1, -0.05) is 47.7 Å². The van der Waals surface area contributed by atoms with Gasteiger partial charge in [0.25, 0.3) is 5.91 Å². The van der Waals surface area contributed by atoms with Crippen molar-refractivity contribution in [2.45, 2.75) is 38.5 Å². The maximum atomic E-state index is 13.9. The molecule has 8 nitrogen and oxygen atoms in total. The quantitative estimate of drug-likeness (QED) is 0.215. The highest BCUT2D eigenvalue weighted by Crippen LogP contribution is 2.28. The molecule has 1 atom stereocenters. The lowest BCUT2D eigenvalue weighted by atomic mass is 10.0. The van der Waals surface area contributed by atoms with Crippen molar-refractivity contribution in [1.29, 1.82) is 0 Å². The highest BCUT2D eigenvalue weighted by Gasteiger charge is 2.32. The minimum absolute atomic E-state index is 0.0708. The van der Waals surface area contributed by atoms with Crippen LogP contribution in [0.4, 0.5) is 5.69 Å². The maximum absolute atomic E-state index is 13.9. The van der Waals surface area contributed by atoms with Crippen molar-refractivity contribution in [2.75, 3.05) is 18.2 Å². The van der Waals surface area contributed by atoms with Gasteiger partial charge in [0.05, 0.1) is 12.9 Å². The molecule has 0 aliphatic rings. The van der Waals surface area contributed by atoms with E-state index in [0.29, 0.717) is 22.2 Å². The van der Waals surface area contributed by atoms with Crippen LogP contribution in [-0.2, 0) is 16.1 Å². The van der Waals surface area contributed by atoms with Crippen LogP contribution < -0.4 is 10.1 Å². The molecule has 0 saturated carbocycles. The minimum atomic E-state index is -0.888. The molecule has 2 amide bonds. The summed E-state index contributed by atoms with van der Waals surface area (Å²) in [4.78, 5) is 42.4. The highest BCUT2D eigenvalue weighted by molar-refractivity contribution is 7.99. The monoisotopic (exact) mass is 541 g/mol. The SMILES string of the molecule is COc1ccc(NC(=O)[C@H](c2ccc(C)cc2)N(Cc2cccnc2)C(=O)CSc2nc(C)cc(C)n2)cc1. The van der Waals surface area contributed by atoms with Crippen LogP contribution in [0.2, 0.25) is 0 Å². The molecular formula is C30H31N5O3S. The molecule has 0 saturated heterocycles. The highest BCUT2D eigenvalue weighted by atomic mass is 32.2. The average molecular weight is 542 g/mol. The van der Waals surface area contributed by atoms with Gasteiger partial charge in [0, 0.05) is 36.0 Å². The fourth-order valence-corrected chi connectivity index (χ4v) is 4.92. The second-order valence-corrected chi connectivity index (χ2v) is 10.1. The van der Waals surface area contributed by atoms with Crippen LogP contribution in [0.15, 0.2) is 84.3 Å². The molecule has 0 bridgehead atoms. The molecule has 0 spiro atoms. The van der Waals surface area contributed by atoms with Crippen LogP contribution >= 0.6 is 11.8 Å². The molecule has 9 heteroatoms. The van der Waals surface area contributed by atoms with Gasteiger partial charge in [0.2, 0.25) is 5.91 Å². The van der Waals surface area contributed by atoms with Crippen LogP contribution in [0.5, 0.6) is 5.75 Å². The van der Waals surface area contributed by atoms with Crippen molar-refractivity contribution in [2.24, 2.45) is 0 Å². The molecule has 0 aliphatic heterocycles. The van der Waals surface area contributed by atoms with Crippen molar-refractivity contribution >= 4 is 29.3 Å². The van der Waals surface area contributed by atoms with E-state index in [2.05, 4.69) is 20.3 Å². The number of pyridine rings is 1. The number of amides is 2. The zero-order chi connectivity index (χ0) is 27.8. The first-order valence-corrected chi connectivity index (χ1v) is 13.5. The second-order valence-electron chi connectivity index (χ2n) is 9.14. The number of carbonyl (C=O) groups is 2. The number of rotatable bonds is 10. The Balaban J connectivity index is 1.67. The topological polar surface area (TPSA) is 97.3 Å². The van der Waals surface area contributed by atoms with Crippen LogP contribution in [0.1, 0.15) is 34.1 Å². The van der Waals surface area contributed by atoms with Gasteiger partial charge < -0.3 is 15.0 Å². The van der Waals surface area contributed by atoms with E-state index in [1.54, 1.807) is 48.7 Å². The summed E-state index contributed by atoms with van der Waals surface area (Å²) in [5, 5.41) is 3.51. The minimum Gasteiger partial charge on any atom is -0.497 e. The molecule has 0 radical (unpaired) electrons. The fraction of sp³-hybridized carbons (Fsp3) is 0.233. The summed E-state index contributed by atoms with van der Waals surface area (Å²) in [5.74, 6) is 0.208. The number of hydrogen-bond donors (Lipinski definition) is 1. The number of thioether (sulfide) groups is 1. The largest absolute Gasteiger partial charge is 0.497 e. The molecule has 39 heavy (non-hydrogen) atoms. The maximum Gasteiger partial charge on any atom is 0.251 e. The van der Waals surface area contributed by atoms with E-state index in [9.17, 15) is 9.59 Å². The predicted octanol–water partition coefficient (Wildman–Crippen LogP) is 5.31. The Labute approximate surface area is 232 Å². The number of nitrogens with zero attached hydrogens (tertiary/aromatic N) is 4. The fourth-order valence-electron chi connectivity index (χ4n) is 4.09. The molecule has 0 aliphatic carbocycles. The molecule has 2 aromatic heterocycles. The van der Waals surface area contributed by atoms with Gasteiger partial charge in [-0.25, -0.2) is 9.97 Å². The number of methoxy groups -OCH3 is 1. The zero-order valence-electron chi connectivity index (χ0n) is 22.4. The van der Waals surface area contributed by atoms with Crippen LogP contribution in [0, 0.1) is 20.8 Å². The van der Waals surface area contributed by atoms with Crippen LogP contribution in [0.3, 0.4) is 0 Å². The number of aryl methyl sites for hydroxylation is 3. The first-order chi connectivity index (χ1) is 18.8. The Kier molecular flexibility index (Phi) is 9.27. The van der Waals surface area contributed by atoms with Gasteiger partial charge in [-0.15, -0.1) is 0 Å². The lowest BCUT2D eigenvalue weighted by Crippen LogP contribution is -2.41. The molecular weight excluding hydrogens is 510 g/mol. The molecule has 200 valence electrons. The number of aromatic nitrogens is 3. The number of ether oxygens (including phenoxy) is 1. The van der Waals surface area contributed by atoms with E-state index in [0.717, 1.165) is 22.5 Å². The molecule has 2 heterocycles. The van der Waals surface area contributed by atoms with Crippen molar-refractivity contribution < 1.29 is 14.3 Å². The van der Waals surface area contributed by atoms with E-state index in [1.165, 1.54) is 11.8 Å². The average Bonchev–Trinajstić information content (AvgIpc) is 2.93. The van der Waals surface area contributed by atoms with E-state index in [1.807, 2.05) is 63.2 Å². The van der Waals surface area contributed by atoms with Gasteiger partial charge in [-0.3, -0.25) is 14.6 Å². The number of hydrogen-bond acceptors (Lipinski definition) is 7. The second kappa shape index (κ2) is 13.0. The van der Waals surface area contributed by atoms with E-state index < -0.39 is 6.04 Å². The smallest absolute Gasteiger partial charge is 0.251 e. The van der Waals surface area contributed by atoms with Crippen molar-refractivity contribution in [3.63, 3.8) is 0 Å². The third-order valence-electron chi connectivity index (χ3n) is 5.99. The third kappa shape index (κ3) is 7.64. The summed E-state index contributed by atoms with van der Waals surface area (Å²) in [6.07, 6.45) is 3.38. The van der Waals surface area contributed by atoms with E-state index >= 15 is 0 Å². The summed E-state index contributed by atoms with van der Waals surface area (Å²) in [6, 6.07) is 19.4. The molecule has 4 aromatic rings. The van der Waals surface area contributed by atoms with Crippen LogP contribution in [0.25, 0.3) is 0 Å². The third-order valence-corrected chi connectivity index (χ3v) is 6.83. The lowest BCUT2D eigenvalue weighted by Gasteiger charge is -2.31. The van der Waals surface area contributed by atoms with Crippen molar-refractivity contribution in [3.8, 4) is 5.75 Å². The summed E-state index contributed by atoms with van der Waals surface area (Å²) < 4.78 is 5.23. The Morgan fingerprint density at radius 3 is 2.28 bits per heavy atom. The Hall–Kier alpha value is -4.24. The number of benzene rings is 2. The number of carbonyl (C=O) groups excluding carboxylic acids is 2. The first kappa shape index (κ1) is 27.8. The molecule has 2 aromatic carbocycles. The molecule has 0 unspecified atom stereocenters. The van der Waals surface area contributed by atoms with E-state index in [4.69, 9.17) is 4.74 Å². The van der Waals surface area contributed by atoms with Gasteiger partial charge in [-0.05, 0) is 68.3 Å². The van der Waals surface area contributed by atoms with Gasteiger partial charge in [0.15, 0.2) is 5.16 Å². The summed E-state index contributed by atoms with van der Waals surface area (Å²) in [7, 11) is 1.59. The van der Waals surface area contributed by atoms with E-state index in [-0.39, 0.29) is 24.1 Å². The Morgan fingerprint density at radius 1 is 0.974 bits per heavy atom. The van der Waals surface area contributed by atoms with Crippen molar-refractivity contribution in [3.05, 3.63) is 107 Å². The lowest BCUT2D eigenvalue weighted by molar-refractivity contribution is -0.137. The number of anilines is 1. The van der Waals surface area contributed by atoms with Gasteiger partial charge in [0.1, 0.15) is 11.8 Å². The summed E-state index contributed by atoms with van der Waals surface area (Å²) in [6.45, 7) is 5.98. The number of nitrogens with one attached hydrogen (secondary N) is 1. The molecule has 4 rings (SSSR count). The van der Waals surface area contributed by atoms with Crippen LogP contribution in [-0.4, -0.2) is 44.5 Å².